The van der Waals surface area contributed by atoms with E-state index in [2.05, 4.69) is 41.6 Å². The maximum atomic E-state index is 6.09. The SMILES string of the molecule is CCNC(=NCCN(C)CCCOC)NC1CC1c1cccc(Cl)c1. The first-order valence-corrected chi connectivity index (χ1v) is 9.49. The maximum Gasteiger partial charge on any atom is 0.191 e. The van der Waals surface area contributed by atoms with Gasteiger partial charge in [-0.1, -0.05) is 23.7 Å². The van der Waals surface area contributed by atoms with Crippen LogP contribution in [-0.4, -0.2) is 63.8 Å². The topological polar surface area (TPSA) is 48.9 Å². The number of hydrogen-bond acceptors (Lipinski definition) is 3. The van der Waals surface area contributed by atoms with Crippen LogP contribution < -0.4 is 10.6 Å². The Morgan fingerprint density at radius 1 is 1.40 bits per heavy atom. The number of likely N-dealkylation sites (N-methyl/N-ethyl adjacent to an activating group) is 1. The van der Waals surface area contributed by atoms with Crippen molar-refractivity contribution in [1.29, 1.82) is 0 Å². The third kappa shape index (κ3) is 7.22. The Bertz CT molecular complexity index is 552. The lowest BCUT2D eigenvalue weighted by Crippen LogP contribution is -2.39. The minimum atomic E-state index is 0.440. The van der Waals surface area contributed by atoms with Crippen molar-refractivity contribution in [2.24, 2.45) is 4.99 Å². The molecule has 0 aromatic heterocycles. The summed E-state index contributed by atoms with van der Waals surface area (Å²) >= 11 is 6.09. The molecule has 1 aromatic rings. The van der Waals surface area contributed by atoms with Gasteiger partial charge in [-0.05, 0) is 44.5 Å². The highest BCUT2D eigenvalue weighted by atomic mass is 35.5. The summed E-state index contributed by atoms with van der Waals surface area (Å²) in [5, 5.41) is 7.69. The summed E-state index contributed by atoms with van der Waals surface area (Å²) in [6, 6.07) is 8.59. The fraction of sp³-hybridized carbons (Fsp3) is 0.632. The van der Waals surface area contributed by atoms with Gasteiger partial charge in [0.2, 0.25) is 0 Å². The molecule has 2 atom stereocenters. The Hall–Kier alpha value is -1.30. The van der Waals surface area contributed by atoms with Crippen LogP contribution in [0.4, 0.5) is 0 Å². The lowest BCUT2D eigenvalue weighted by atomic mass is 10.1. The first-order valence-electron chi connectivity index (χ1n) is 9.11. The number of methoxy groups -OCH3 is 1. The Labute approximate surface area is 156 Å². The molecule has 1 aliphatic carbocycles. The summed E-state index contributed by atoms with van der Waals surface area (Å²) in [5.41, 5.74) is 1.30. The molecule has 1 aliphatic rings. The average molecular weight is 367 g/mol. The third-order valence-corrected chi connectivity index (χ3v) is 4.61. The van der Waals surface area contributed by atoms with Crippen LogP contribution in [0.2, 0.25) is 5.02 Å². The van der Waals surface area contributed by atoms with E-state index in [1.54, 1.807) is 7.11 Å². The number of aliphatic imine (C=N–C) groups is 1. The Morgan fingerprint density at radius 2 is 2.24 bits per heavy atom. The van der Waals surface area contributed by atoms with Crippen molar-refractivity contribution in [2.45, 2.75) is 31.7 Å². The predicted octanol–water partition coefficient (Wildman–Crippen LogP) is 2.72. The van der Waals surface area contributed by atoms with E-state index in [1.165, 1.54) is 5.56 Å². The van der Waals surface area contributed by atoms with Crippen LogP contribution in [0.15, 0.2) is 29.3 Å². The van der Waals surface area contributed by atoms with Crippen molar-refractivity contribution in [3.63, 3.8) is 0 Å². The molecule has 0 radical (unpaired) electrons. The van der Waals surface area contributed by atoms with Crippen molar-refractivity contribution >= 4 is 17.6 Å². The Kier molecular flexibility index (Phi) is 8.52. The van der Waals surface area contributed by atoms with Gasteiger partial charge < -0.3 is 20.3 Å². The number of guanidine groups is 1. The van der Waals surface area contributed by atoms with E-state index < -0.39 is 0 Å². The zero-order chi connectivity index (χ0) is 18.1. The summed E-state index contributed by atoms with van der Waals surface area (Å²) < 4.78 is 5.09. The molecule has 0 spiro atoms. The van der Waals surface area contributed by atoms with Crippen molar-refractivity contribution in [1.82, 2.24) is 15.5 Å². The minimum absolute atomic E-state index is 0.440. The first-order chi connectivity index (χ1) is 12.1. The lowest BCUT2D eigenvalue weighted by Gasteiger charge is -2.16. The molecule has 1 saturated carbocycles. The van der Waals surface area contributed by atoms with Gasteiger partial charge in [0, 0.05) is 50.3 Å². The van der Waals surface area contributed by atoms with Crippen LogP contribution in [0.25, 0.3) is 0 Å². The largest absolute Gasteiger partial charge is 0.385 e. The van der Waals surface area contributed by atoms with E-state index in [9.17, 15) is 0 Å². The van der Waals surface area contributed by atoms with E-state index in [-0.39, 0.29) is 0 Å². The van der Waals surface area contributed by atoms with Gasteiger partial charge in [0.1, 0.15) is 0 Å². The standard InChI is InChI=1S/C19H31ClN4O/c1-4-21-19(22-9-11-24(2)10-6-12-25-3)23-18-14-17(18)15-7-5-8-16(20)13-15/h5,7-8,13,17-18H,4,6,9-12,14H2,1-3H3,(H2,21,22,23). The lowest BCUT2D eigenvalue weighted by molar-refractivity contribution is 0.180. The summed E-state index contributed by atoms with van der Waals surface area (Å²) in [6.07, 6.45) is 2.18. The van der Waals surface area contributed by atoms with Gasteiger partial charge in [-0.25, -0.2) is 0 Å². The van der Waals surface area contributed by atoms with Crippen LogP contribution >= 0.6 is 11.6 Å². The highest BCUT2D eigenvalue weighted by molar-refractivity contribution is 6.30. The Balaban J connectivity index is 1.77. The molecule has 0 heterocycles. The van der Waals surface area contributed by atoms with Crippen LogP contribution in [-0.2, 0) is 4.74 Å². The smallest absolute Gasteiger partial charge is 0.191 e. The fourth-order valence-electron chi connectivity index (χ4n) is 2.88. The number of benzene rings is 1. The second-order valence-corrected chi connectivity index (χ2v) is 6.99. The molecule has 0 aliphatic heterocycles. The molecule has 2 N–H and O–H groups in total. The first kappa shape index (κ1) is 20.0. The third-order valence-electron chi connectivity index (χ3n) is 4.37. The van der Waals surface area contributed by atoms with Crippen molar-refractivity contribution in [2.75, 3.05) is 46.9 Å². The number of nitrogens with one attached hydrogen (secondary N) is 2. The second kappa shape index (κ2) is 10.6. The zero-order valence-electron chi connectivity index (χ0n) is 15.6. The van der Waals surface area contributed by atoms with Crippen LogP contribution in [0.1, 0.15) is 31.2 Å². The van der Waals surface area contributed by atoms with Crippen molar-refractivity contribution in [3.8, 4) is 0 Å². The molecule has 0 saturated heterocycles. The summed E-state index contributed by atoms with van der Waals surface area (Å²) in [7, 11) is 3.87. The normalized spacial score (nSPS) is 20.0. The van der Waals surface area contributed by atoms with Gasteiger partial charge in [0.25, 0.3) is 0 Å². The highest BCUT2D eigenvalue weighted by Gasteiger charge is 2.39. The quantitative estimate of drug-likeness (QED) is 0.380. The number of rotatable bonds is 10. The summed E-state index contributed by atoms with van der Waals surface area (Å²) in [5.74, 6) is 1.43. The predicted molar refractivity (Wildman–Crippen MR) is 106 cm³/mol. The maximum absolute atomic E-state index is 6.09. The number of halogens is 1. The van der Waals surface area contributed by atoms with Crippen LogP contribution in [0.5, 0.6) is 0 Å². The second-order valence-electron chi connectivity index (χ2n) is 6.56. The van der Waals surface area contributed by atoms with E-state index in [4.69, 9.17) is 21.3 Å². The molecular formula is C19H31ClN4O. The van der Waals surface area contributed by atoms with Gasteiger partial charge in [-0.2, -0.15) is 0 Å². The van der Waals surface area contributed by atoms with Crippen LogP contribution in [0, 0.1) is 0 Å². The number of hydrogen-bond donors (Lipinski definition) is 2. The summed E-state index contributed by atoms with van der Waals surface area (Å²) in [6.45, 7) is 6.53. The average Bonchev–Trinajstić information content (AvgIpc) is 3.34. The molecule has 2 rings (SSSR count). The molecule has 0 bridgehead atoms. The van der Waals surface area contributed by atoms with E-state index in [0.717, 1.165) is 56.6 Å². The molecule has 6 heteroatoms. The number of nitrogens with zero attached hydrogens (tertiary/aromatic N) is 2. The fourth-order valence-corrected chi connectivity index (χ4v) is 3.08. The molecule has 25 heavy (non-hydrogen) atoms. The highest BCUT2D eigenvalue weighted by Crippen LogP contribution is 2.41. The zero-order valence-corrected chi connectivity index (χ0v) is 16.4. The molecule has 140 valence electrons. The van der Waals surface area contributed by atoms with E-state index in [1.807, 2.05) is 12.1 Å². The summed E-state index contributed by atoms with van der Waals surface area (Å²) in [4.78, 5) is 6.99. The van der Waals surface area contributed by atoms with Gasteiger partial charge in [0.05, 0.1) is 6.54 Å². The van der Waals surface area contributed by atoms with Crippen molar-refractivity contribution in [3.05, 3.63) is 34.9 Å². The van der Waals surface area contributed by atoms with Gasteiger partial charge in [-0.15, -0.1) is 0 Å². The van der Waals surface area contributed by atoms with E-state index >= 15 is 0 Å². The molecular weight excluding hydrogens is 336 g/mol. The monoisotopic (exact) mass is 366 g/mol. The van der Waals surface area contributed by atoms with E-state index in [0.29, 0.717) is 12.0 Å². The van der Waals surface area contributed by atoms with Gasteiger partial charge in [-0.3, -0.25) is 4.99 Å². The van der Waals surface area contributed by atoms with Crippen LogP contribution in [0.3, 0.4) is 0 Å². The number of ether oxygens (including phenoxy) is 1. The minimum Gasteiger partial charge on any atom is -0.385 e. The molecule has 1 aromatic carbocycles. The van der Waals surface area contributed by atoms with Gasteiger partial charge in [0.15, 0.2) is 5.96 Å². The van der Waals surface area contributed by atoms with Crippen molar-refractivity contribution < 1.29 is 4.74 Å². The molecule has 2 unspecified atom stereocenters. The van der Waals surface area contributed by atoms with Gasteiger partial charge >= 0.3 is 0 Å². The molecule has 5 nitrogen and oxygen atoms in total. The molecule has 1 fully saturated rings. The molecule has 0 amide bonds. The Morgan fingerprint density at radius 3 is 2.96 bits per heavy atom.